The van der Waals surface area contributed by atoms with Crippen molar-refractivity contribution >= 4 is 11.6 Å². The molecule has 5 rings (SSSR count). The van der Waals surface area contributed by atoms with Gasteiger partial charge < -0.3 is 9.30 Å². The van der Waals surface area contributed by atoms with Crippen LogP contribution in [0.25, 0.3) is 5.65 Å². The lowest BCUT2D eigenvalue weighted by atomic mass is 9.90. The van der Waals surface area contributed by atoms with Gasteiger partial charge in [0.2, 0.25) is 0 Å². The van der Waals surface area contributed by atoms with Crippen LogP contribution in [0.4, 0.5) is 0 Å². The molecule has 1 saturated carbocycles. The first-order chi connectivity index (χ1) is 14.2. The SMILES string of the molecule is CN(Cc1ccccc1)C(=O)c1nc2ccccn2c1CN1C[C@H]2CCC[C@@H]1C2. The summed E-state index contributed by atoms with van der Waals surface area (Å²) in [7, 11) is 1.87. The van der Waals surface area contributed by atoms with Crippen LogP contribution >= 0.6 is 0 Å². The molecular formula is C24H28N4O. The summed E-state index contributed by atoms with van der Waals surface area (Å²) in [5.41, 5.74) is 3.59. The highest BCUT2D eigenvalue weighted by Crippen LogP contribution is 2.36. The van der Waals surface area contributed by atoms with Crippen molar-refractivity contribution in [2.45, 2.75) is 44.8 Å². The van der Waals surface area contributed by atoms with Gasteiger partial charge in [0.25, 0.3) is 5.91 Å². The van der Waals surface area contributed by atoms with E-state index in [4.69, 9.17) is 4.98 Å². The molecule has 0 unspecified atom stereocenters. The Morgan fingerprint density at radius 3 is 2.79 bits per heavy atom. The Morgan fingerprint density at radius 1 is 1.14 bits per heavy atom. The molecule has 2 aromatic heterocycles. The molecular weight excluding hydrogens is 360 g/mol. The number of amides is 1. The minimum Gasteiger partial charge on any atom is -0.336 e. The number of fused-ring (bicyclic) bond motifs is 3. The van der Waals surface area contributed by atoms with E-state index in [1.807, 2.05) is 49.6 Å². The Morgan fingerprint density at radius 2 is 1.97 bits per heavy atom. The van der Waals surface area contributed by atoms with Gasteiger partial charge in [-0.3, -0.25) is 9.69 Å². The molecule has 0 spiro atoms. The standard InChI is InChI=1S/C24H28N4O/c1-26(15-18-8-3-2-4-9-18)24(29)23-21(28-13-6-5-12-22(28)25-23)17-27-16-19-10-7-11-20(27)14-19/h2-6,8-9,12-13,19-20H,7,10-11,14-17H2,1H3/t19-,20+/m0/s1. The number of carbonyl (C=O) groups excluding carboxylic acids is 1. The highest BCUT2D eigenvalue weighted by molar-refractivity contribution is 5.94. The van der Waals surface area contributed by atoms with Crippen molar-refractivity contribution in [3.8, 4) is 0 Å². The average Bonchev–Trinajstić information content (AvgIpc) is 3.25. The monoisotopic (exact) mass is 388 g/mol. The third-order valence-corrected chi connectivity index (χ3v) is 6.56. The lowest BCUT2D eigenvalue weighted by Crippen LogP contribution is -2.32. The number of imidazole rings is 1. The first-order valence-electron chi connectivity index (χ1n) is 10.7. The number of rotatable bonds is 5. The zero-order valence-corrected chi connectivity index (χ0v) is 17.0. The zero-order chi connectivity index (χ0) is 19.8. The molecule has 29 heavy (non-hydrogen) atoms. The fourth-order valence-electron chi connectivity index (χ4n) is 5.11. The van der Waals surface area contributed by atoms with Crippen LogP contribution in [0.5, 0.6) is 0 Å². The molecule has 2 fully saturated rings. The molecule has 1 amide bonds. The molecule has 150 valence electrons. The van der Waals surface area contributed by atoms with Gasteiger partial charge in [0.15, 0.2) is 5.69 Å². The lowest BCUT2D eigenvalue weighted by Gasteiger charge is -2.25. The van der Waals surface area contributed by atoms with E-state index in [1.165, 1.54) is 25.7 Å². The lowest BCUT2D eigenvalue weighted by molar-refractivity contribution is 0.0777. The summed E-state index contributed by atoms with van der Waals surface area (Å²) in [5.74, 6) is 0.822. The molecule has 0 radical (unpaired) electrons. The van der Waals surface area contributed by atoms with E-state index in [1.54, 1.807) is 4.90 Å². The molecule has 3 heterocycles. The van der Waals surface area contributed by atoms with Crippen molar-refractivity contribution < 1.29 is 4.79 Å². The average molecular weight is 389 g/mol. The summed E-state index contributed by atoms with van der Waals surface area (Å²) in [6.07, 6.45) is 7.32. The normalized spacial score (nSPS) is 21.6. The quantitative estimate of drug-likeness (QED) is 0.664. The van der Waals surface area contributed by atoms with E-state index in [0.29, 0.717) is 18.3 Å². The number of likely N-dealkylation sites (tertiary alicyclic amines) is 1. The van der Waals surface area contributed by atoms with E-state index in [0.717, 1.165) is 35.9 Å². The predicted molar refractivity (Wildman–Crippen MR) is 114 cm³/mol. The van der Waals surface area contributed by atoms with Gasteiger partial charge in [-0.2, -0.15) is 0 Å². The molecule has 5 nitrogen and oxygen atoms in total. The second kappa shape index (κ2) is 7.64. The van der Waals surface area contributed by atoms with Gasteiger partial charge in [-0.15, -0.1) is 0 Å². The molecule has 1 saturated heterocycles. The first kappa shape index (κ1) is 18.4. The Balaban J connectivity index is 1.45. The largest absolute Gasteiger partial charge is 0.336 e. The number of carbonyl (C=O) groups is 1. The Labute approximate surface area is 172 Å². The van der Waals surface area contributed by atoms with Gasteiger partial charge >= 0.3 is 0 Å². The van der Waals surface area contributed by atoms with Crippen molar-refractivity contribution in [3.05, 3.63) is 71.7 Å². The Kier molecular flexibility index (Phi) is 4.84. The molecule has 2 bridgehead atoms. The maximum atomic E-state index is 13.4. The highest BCUT2D eigenvalue weighted by atomic mass is 16.2. The molecule has 2 aliphatic rings. The minimum atomic E-state index is -0.00489. The summed E-state index contributed by atoms with van der Waals surface area (Å²) < 4.78 is 2.10. The smallest absolute Gasteiger partial charge is 0.274 e. The third-order valence-electron chi connectivity index (χ3n) is 6.56. The van der Waals surface area contributed by atoms with Crippen LogP contribution in [0.1, 0.15) is 47.4 Å². The van der Waals surface area contributed by atoms with Gasteiger partial charge in [0.1, 0.15) is 5.65 Å². The van der Waals surface area contributed by atoms with Crippen molar-refractivity contribution in [1.82, 2.24) is 19.2 Å². The maximum absolute atomic E-state index is 13.4. The first-order valence-corrected chi connectivity index (χ1v) is 10.7. The van der Waals surface area contributed by atoms with Crippen LogP contribution in [0.3, 0.4) is 0 Å². The predicted octanol–water partition coefficient (Wildman–Crippen LogP) is 3.98. The van der Waals surface area contributed by atoms with E-state index in [9.17, 15) is 4.79 Å². The number of benzene rings is 1. The molecule has 5 heteroatoms. The maximum Gasteiger partial charge on any atom is 0.274 e. The van der Waals surface area contributed by atoms with Gasteiger partial charge in [-0.05, 0) is 42.9 Å². The van der Waals surface area contributed by atoms with Crippen molar-refractivity contribution in [2.24, 2.45) is 5.92 Å². The van der Waals surface area contributed by atoms with Crippen LogP contribution in [0, 0.1) is 5.92 Å². The number of nitrogens with zero attached hydrogens (tertiary/aromatic N) is 4. The second-order valence-corrected chi connectivity index (χ2v) is 8.60. The van der Waals surface area contributed by atoms with E-state index in [-0.39, 0.29) is 5.91 Å². The molecule has 2 atom stereocenters. The molecule has 3 aromatic rings. The van der Waals surface area contributed by atoms with Crippen LogP contribution in [0.15, 0.2) is 54.7 Å². The van der Waals surface area contributed by atoms with Gasteiger partial charge in [0.05, 0.1) is 5.69 Å². The molecule has 1 aromatic carbocycles. The summed E-state index contributed by atoms with van der Waals surface area (Å²) in [6.45, 7) is 2.53. The summed E-state index contributed by atoms with van der Waals surface area (Å²) >= 11 is 0. The van der Waals surface area contributed by atoms with Crippen molar-refractivity contribution in [3.63, 3.8) is 0 Å². The van der Waals surface area contributed by atoms with Crippen molar-refractivity contribution in [2.75, 3.05) is 13.6 Å². The summed E-state index contributed by atoms with van der Waals surface area (Å²) in [6, 6.07) is 16.8. The number of aromatic nitrogens is 2. The second-order valence-electron chi connectivity index (χ2n) is 8.60. The Hall–Kier alpha value is -2.66. The van der Waals surface area contributed by atoms with Gasteiger partial charge in [-0.1, -0.05) is 42.8 Å². The fraction of sp³-hybridized carbons (Fsp3) is 0.417. The van der Waals surface area contributed by atoms with Gasteiger partial charge in [-0.25, -0.2) is 4.98 Å². The summed E-state index contributed by atoms with van der Waals surface area (Å²) in [5, 5.41) is 0. The zero-order valence-electron chi connectivity index (χ0n) is 17.0. The number of hydrogen-bond donors (Lipinski definition) is 0. The molecule has 1 aliphatic carbocycles. The molecule has 1 aliphatic heterocycles. The van der Waals surface area contributed by atoms with Crippen LogP contribution < -0.4 is 0 Å². The van der Waals surface area contributed by atoms with Crippen LogP contribution in [-0.4, -0.2) is 44.7 Å². The van der Waals surface area contributed by atoms with Gasteiger partial charge in [0, 0.05) is 38.9 Å². The van der Waals surface area contributed by atoms with E-state index in [2.05, 4.69) is 21.4 Å². The Bertz CT molecular complexity index is 1010. The fourth-order valence-corrected chi connectivity index (χ4v) is 5.11. The minimum absolute atomic E-state index is 0.00489. The number of hydrogen-bond acceptors (Lipinski definition) is 3. The van der Waals surface area contributed by atoms with E-state index >= 15 is 0 Å². The molecule has 0 N–H and O–H groups in total. The number of pyridine rings is 1. The summed E-state index contributed by atoms with van der Waals surface area (Å²) in [4.78, 5) is 22.5. The van der Waals surface area contributed by atoms with Crippen LogP contribution in [-0.2, 0) is 13.1 Å². The van der Waals surface area contributed by atoms with E-state index < -0.39 is 0 Å². The topological polar surface area (TPSA) is 40.9 Å². The third kappa shape index (κ3) is 3.55. The highest BCUT2D eigenvalue weighted by Gasteiger charge is 2.36. The van der Waals surface area contributed by atoms with Crippen LogP contribution in [0.2, 0.25) is 0 Å². The van der Waals surface area contributed by atoms with Crippen molar-refractivity contribution in [1.29, 1.82) is 0 Å².